The summed E-state index contributed by atoms with van der Waals surface area (Å²) in [5.74, 6) is 0.547. The molecule has 7 heteroatoms. The van der Waals surface area contributed by atoms with Crippen molar-refractivity contribution in [2.24, 2.45) is 5.41 Å². The van der Waals surface area contributed by atoms with Crippen molar-refractivity contribution in [2.45, 2.75) is 34.2 Å². The van der Waals surface area contributed by atoms with E-state index in [4.69, 9.17) is 31.2 Å². The molecule has 0 saturated carbocycles. The summed E-state index contributed by atoms with van der Waals surface area (Å²) in [6.07, 6.45) is 0. The summed E-state index contributed by atoms with van der Waals surface area (Å²) in [5, 5.41) is 1.04. The van der Waals surface area contributed by atoms with Crippen LogP contribution in [0, 0.1) is 10.1 Å². The first-order valence-corrected chi connectivity index (χ1v) is 10.3. The van der Waals surface area contributed by atoms with Gasteiger partial charge in [0.1, 0.15) is 23.6 Å². The van der Waals surface area contributed by atoms with Gasteiger partial charge in [-0.1, -0.05) is 24.4 Å². The summed E-state index contributed by atoms with van der Waals surface area (Å²) in [6, 6.07) is 9.97. The summed E-state index contributed by atoms with van der Waals surface area (Å²) in [6.45, 7) is 10.7. The zero-order valence-electron chi connectivity index (χ0n) is 17.7. The van der Waals surface area contributed by atoms with Crippen LogP contribution < -0.4 is 4.74 Å². The minimum absolute atomic E-state index is 0.227. The smallest absolute Gasteiger partial charge is 0.311 e. The van der Waals surface area contributed by atoms with Gasteiger partial charge in [-0.2, -0.15) is 0 Å². The van der Waals surface area contributed by atoms with Crippen LogP contribution in [-0.4, -0.2) is 50.2 Å². The average molecular weight is 422 g/mol. The first-order chi connectivity index (χ1) is 13.8. The Labute approximate surface area is 177 Å². The summed E-state index contributed by atoms with van der Waals surface area (Å²) in [7, 11) is 0. The Kier molecular flexibility index (Phi) is 9.07. The number of pyridine rings is 1. The first-order valence-electron chi connectivity index (χ1n) is 9.92. The van der Waals surface area contributed by atoms with Crippen LogP contribution in [0.3, 0.4) is 0 Å². The number of esters is 1. The van der Waals surface area contributed by atoms with E-state index in [1.54, 1.807) is 0 Å². The predicted molar refractivity (Wildman–Crippen MR) is 116 cm³/mol. The van der Waals surface area contributed by atoms with Gasteiger partial charge < -0.3 is 23.5 Å². The molecular formula is C22H31NO5S. The molecule has 0 spiro atoms. The monoisotopic (exact) mass is 421 g/mol. The fourth-order valence-corrected chi connectivity index (χ4v) is 3.03. The summed E-state index contributed by atoms with van der Waals surface area (Å²) in [5.41, 5.74) is 0.578. The lowest BCUT2D eigenvalue weighted by Crippen LogP contribution is -2.24. The number of rotatable bonds is 11. The zero-order valence-corrected chi connectivity index (χ0v) is 18.5. The van der Waals surface area contributed by atoms with E-state index in [9.17, 15) is 4.79 Å². The van der Waals surface area contributed by atoms with Crippen LogP contribution in [-0.2, 0) is 25.5 Å². The van der Waals surface area contributed by atoms with Gasteiger partial charge in [-0.15, -0.1) is 0 Å². The number of aromatic nitrogens is 1. The second kappa shape index (κ2) is 11.3. The Hall–Kier alpha value is -1.96. The maximum Gasteiger partial charge on any atom is 0.311 e. The Morgan fingerprint density at radius 1 is 1.00 bits per heavy atom. The number of aryl methyl sites for hydroxylation is 1. The molecule has 160 valence electrons. The lowest BCUT2D eigenvalue weighted by molar-refractivity contribution is -0.154. The predicted octanol–water partition coefficient (Wildman–Crippen LogP) is 4.39. The summed E-state index contributed by atoms with van der Waals surface area (Å²) >= 11 is 5.48. The Morgan fingerprint density at radius 2 is 1.62 bits per heavy atom. The minimum Gasteiger partial charge on any atom is -0.490 e. The van der Waals surface area contributed by atoms with Crippen molar-refractivity contribution in [3.8, 4) is 5.75 Å². The fraction of sp³-hybridized carbons (Fsp3) is 0.545. The second-order valence-corrected chi connectivity index (χ2v) is 7.99. The molecule has 0 unspecified atom stereocenters. The Balaban J connectivity index is 1.65. The van der Waals surface area contributed by atoms with E-state index in [1.165, 1.54) is 0 Å². The third-order valence-electron chi connectivity index (χ3n) is 4.23. The standard InChI is InChI=1S/C22H31NO5S/c1-5-23-18-9-7-6-8-17(18)19(16-20(23)29)27-14-12-25-10-11-26-13-15-28-21(24)22(2,3)4/h6-9,16H,5,10-15H2,1-4H3. The molecule has 0 aliphatic rings. The quantitative estimate of drug-likeness (QED) is 0.305. The van der Waals surface area contributed by atoms with Crippen LogP contribution in [0.5, 0.6) is 5.75 Å². The Bertz CT molecular complexity index is 856. The van der Waals surface area contributed by atoms with Crippen LogP contribution in [0.4, 0.5) is 0 Å². The number of nitrogens with zero attached hydrogens (tertiary/aromatic N) is 1. The summed E-state index contributed by atoms with van der Waals surface area (Å²) in [4.78, 5) is 11.6. The lowest BCUT2D eigenvalue weighted by atomic mass is 9.97. The molecule has 29 heavy (non-hydrogen) atoms. The molecule has 6 nitrogen and oxygen atoms in total. The SMILES string of the molecule is CCn1c(=S)cc(OCCOCCOCCOC(=O)C(C)(C)C)c2ccccc21. The maximum absolute atomic E-state index is 11.6. The van der Waals surface area contributed by atoms with Crippen LogP contribution in [0.1, 0.15) is 27.7 Å². The average Bonchev–Trinajstić information content (AvgIpc) is 2.68. The molecule has 0 fully saturated rings. The van der Waals surface area contributed by atoms with Crippen LogP contribution in [0.2, 0.25) is 0 Å². The van der Waals surface area contributed by atoms with E-state index in [2.05, 4.69) is 11.5 Å². The van der Waals surface area contributed by atoms with Crippen LogP contribution in [0.25, 0.3) is 10.9 Å². The summed E-state index contributed by atoms with van der Waals surface area (Å²) < 4.78 is 24.8. The minimum atomic E-state index is -0.490. The molecule has 2 rings (SSSR count). The van der Waals surface area contributed by atoms with Gasteiger partial charge in [0, 0.05) is 18.0 Å². The van der Waals surface area contributed by atoms with Gasteiger partial charge in [-0.3, -0.25) is 4.79 Å². The highest BCUT2D eigenvalue weighted by Crippen LogP contribution is 2.26. The molecule has 2 aromatic rings. The molecule has 1 heterocycles. The highest BCUT2D eigenvalue weighted by atomic mass is 32.1. The van der Waals surface area contributed by atoms with Gasteiger partial charge in [0.15, 0.2) is 0 Å². The molecule has 0 aliphatic heterocycles. The molecule has 0 atom stereocenters. The normalized spacial score (nSPS) is 11.6. The first kappa shape index (κ1) is 23.3. The number of para-hydroxylation sites is 1. The third-order valence-corrected chi connectivity index (χ3v) is 4.57. The van der Waals surface area contributed by atoms with Crippen molar-refractivity contribution in [3.63, 3.8) is 0 Å². The van der Waals surface area contributed by atoms with Gasteiger partial charge in [-0.25, -0.2) is 0 Å². The number of fused-ring (bicyclic) bond motifs is 1. The van der Waals surface area contributed by atoms with Crippen molar-refractivity contribution in [1.29, 1.82) is 0 Å². The van der Waals surface area contributed by atoms with Gasteiger partial charge in [0.2, 0.25) is 0 Å². The van der Waals surface area contributed by atoms with E-state index >= 15 is 0 Å². The molecule has 0 aliphatic carbocycles. The molecule has 0 saturated heterocycles. The van der Waals surface area contributed by atoms with E-state index in [0.717, 1.165) is 27.8 Å². The highest BCUT2D eigenvalue weighted by Gasteiger charge is 2.22. The van der Waals surface area contributed by atoms with Crippen LogP contribution >= 0.6 is 12.2 Å². The van der Waals surface area contributed by atoms with Gasteiger partial charge in [0.05, 0.1) is 37.4 Å². The topological polar surface area (TPSA) is 58.9 Å². The van der Waals surface area contributed by atoms with Gasteiger partial charge in [0.25, 0.3) is 0 Å². The van der Waals surface area contributed by atoms with Gasteiger partial charge in [-0.05, 0) is 39.8 Å². The zero-order chi connectivity index (χ0) is 21.3. The number of benzene rings is 1. The van der Waals surface area contributed by atoms with E-state index in [1.807, 2.05) is 51.1 Å². The molecule has 1 aromatic carbocycles. The van der Waals surface area contributed by atoms with Crippen molar-refractivity contribution >= 4 is 29.1 Å². The number of carbonyl (C=O) groups is 1. The van der Waals surface area contributed by atoms with E-state index in [0.29, 0.717) is 33.0 Å². The fourth-order valence-electron chi connectivity index (χ4n) is 2.69. The van der Waals surface area contributed by atoms with E-state index < -0.39 is 5.41 Å². The third kappa shape index (κ3) is 7.10. The Morgan fingerprint density at radius 3 is 2.28 bits per heavy atom. The maximum atomic E-state index is 11.6. The van der Waals surface area contributed by atoms with Gasteiger partial charge >= 0.3 is 5.97 Å². The molecule has 0 bridgehead atoms. The van der Waals surface area contributed by atoms with Crippen molar-refractivity contribution in [3.05, 3.63) is 35.0 Å². The highest BCUT2D eigenvalue weighted by molar-refractivity contribution is 7.71. The molecule has 0 N–H and O–H groups in total. The van der Waals surface area contributed by atoms with Crippen molar-refractivity contribution < 1.29 is 23.7 Å². The molecule has 0 amide bonds. The number of carbonyl (C=O) groups excluding carboxylic acids is 1. The van der Waals surface area contributed by atoms with E-state index in [-0.39, 0.29) is 12.6 Å². The van der Waals surface area contributed by atoms with Crippen LogP contribution in [0.15, 0.2) is 30.3 Å². The number of hydrogen-bond donors (Lipinski definition) is 0. The van der Waals surface area contributed by atoms with Crippen molar-refractivity contribution in [2.75, 3.05) is 39.6 Å². The number of ether oxygens (including phenoxy) is 4. The van der Waals surface area contributed by atoms with Crippen molar-refractivity contribution in [1.82, 2.24) is 4.57 Å². The second-order valence-electron chi connectivity index (χ2n) is 7.57. The lowest BCUT2D eigenvalue weighted by Gasteiger charge is -2.16. The molecule has 1 aromatic heterocycles. The molecule has 0 radical (unpaired) electrons. The molecular weight excluding hydrogens is 390 g/mol. The largest absolute Gasteiger partial charge is 0.490 e. The number of hydrogen-bond acceptors (Lipinski definition) is 6.